The fourth-order valence-corrected chi connectivity index (χ4v) is 2.70. The van der Waals surface area contributed by atoms with Gasteiger partial charge in [0.25, 0.3) is 0 Å². The van der Waals surface area contributed by atoms with Crippen LogP contribution >= 0.6 is 0 Å². The fraction of sp³-hybridized carbons (Fsp3) is 0.368. The van der Waals surface area contributed by atoms with Crippen LogP contribution in [0.5, 0.6) is 5.75 Å². The van der Waals surface area contributed by atoms with E-state index in [0.717, 1.165) is 5.75 Å². The molecule has 1 N–H and O–H groups in total. The minimum atomic E-state index is -0.367. The molecule has 0 aliphatic carbocycles. The Morgan fingerprint density at radius 1 is 1.00 bits per heavy atom. The monoisotopic (exact) mass is 284 g/mol. The van der Waals surface area contributed by atoms with Crippen molar-refractivity contribution in [2.24, 2.45) is 0 Å². The molecule has 21 heavy (non-hydrogen) atoms. The Labute approximate surface area is 127 Å². The number of benzene rings is 2. The molecule has 0 aliphatic rings. The molecule has 0 aliphatic heterocycles. The second kappa shape index (κ2) is 7.28. The summed E-state index contributed by atoms with van der Waals surface area (Å²) in [4.78, 5) is 0. The third-order valence-corrected chi connectivity index (χ3v) is 3.74. The summed E-state index contributed by atoms with van der Waals surface area (Å²) in [5.41, 5.74) is 5.05. The zero-order valence-corrected chi connectivity index (χ0v) is 13.1. The normalized spacial score (nSPS) is 12.2. The molecular formula is C19H24O2. The van der Waals surface area contributed by atoms with Gasteiger partial charge in [0.2, 0.25) is 0 Å². The maximum atomic E-state index is 10.2. The molecule has 0 saturated heterocycles. The van der Waals surface area contributed by atoms with E-state index in [1.165, 1.54) is 22.3 Å². The summed E-state index contributed by atoms with van der Waals surface area (Å²) in [7, 11) is 0. The van der Waals surface area contributed by atoms with Crippen molar-refractivity contribution in [1.82, 2.24) is 0 Å². The maximum absolute atomic E-state index is 10.2. The molecule has 0 bridgehead atoms. The molecule has 1 unspecified atom stereocenters. The molecule has 0 saturated carbocycles. The van der Waals surface area contributed by atoms with E-state index in [1.807, 2.05) is 30.3 Å². The van der Waals surface area contributed by atoms with Gasteiger partial charge >= 0.3 is 0 Å². The topological polar surface area (TPSA) is 29.5 Å². The van der Waals surface area contributed by atoms with Crippen LogP contribution in [0.25, 0.3) is 0 Å². The van der Waals surface area contributed by atoms with Crippen LogP contribution in [0.3, 0.4) is 0 Å². The van der Waals surface area contributed by atoms with Crippen LogP contribution in [0.15, 0.2) is 42.5 Å². The number of aliphatic hydroxyl groups is 1. The van der Waals surface area contributed by atoms with Gasteiger partial charge in [0, 0.05) is 6.42 Å². The largest absolute Gasteiger partial charge is 0.493 e. The molecule has 0 heterocycles. The van der Waals surface area contributed by atoms with Crippen LogP contribution in [0, 0.1) is 20.8 Å². The highest BCUT2D eigenvalue weighted by Gasteiger charge is 2.11. The van der Waals surface area contributed by atoms with E-state index in [1.54, 1.807) is 0 Å². The third kappa shape index (κ3) is 4.61. The predicted molar refractivity (Wildman–Crippen MR) is 86.9 cm³/mol. The van der Waals surface area contributed by atoms with Crippen LogP contribution in [-0.2, 0) is 6.42 Å². The van der Waals surface area contributed by atoms with E-state index < -0.39 is 0 Å². The van der Waals surface area contributed by atoms with E-state index in [0.29, 0.717) is 19.4 Å². The Morgan fingerprint density at radius 3 is 2.24 bits per heavy atom. The van der Waals surface area contributed by atoms with E-state index in [4.69, 9.17) is 4.74 Å². The van der Waals surface area contributed by atoms with E-state index in [-0.39, 0.29) is 6.10 Å². The standard InChI is InChI=1S/C19H24O2/c1-14-11-15(2)19(16(3)12-14)13-17(20)9-10-21-18-7-5-4-6-8-18/h4-8,11-12,17,20H,9-10,13H2,1-3H3. The van der Waals surface area contributed by atoms with Gasteiger partial charge in [-0.3, -0.25) is 0 Å². The van der Waals surface area contributed by atoms with Gasteiger partial charge in [-0.2, -0.15) is 0 Å². The highest BCUT2D eigenvalue weighted by molar-refractivity contribution is 5.37. The molecule has 2 rings (SSSR count). The molecule has 2 heteroatoms. The van der Waals surface area contributed by atoms with Crippen LogP contribution in [0.1, 0.15) is 28.7 Å². The van der Waals surface area contributed by atoms with E-state index in [9.17, 15) is 5.11 Å². The molecule has 2 aromatic rings. The van der Waals surface area contributed by atoms with Gasteiger partial charge in [0.15, 0.2) is 0 Å². The Morgan fingerprint density at radius 2 is 1.62 bits per heavy atom. The predicted octanol–water partition coefficient (Wildman–Crippen LogP) is 3.98. The number of ether oxygens (including phenoxy) is 1. The summed E-state index contributed by atoms with van der Waals surface area (Å²) < 4.78 is 5.63. The van der Waals surface area contributed by atoms with Gasteiger partial charge in [0.1, 0.15) is 5.75 Å². The summed E-state index contributed by atoms with van der Waals surface area (Å²) in [6, 6.07) is 14.1. The highest BCUT2D eigenvalue weighted by Crippen LogP contribution is 2.19. The van der Waals surface area contributed by atoms with Crippen LogP contribution in [0.2, 0.25) is 0 Å². The molecule has 0 amide bonds. The average molecular weight is 284 g/mol. The smallest absolute Gasteiger partial charge is 0.119 e. The zero-order valence-electron chi connectivity index (χ0n) is 13.1. The Kier molecular flexibility index (Phi) is 5.40. The average Bonchev–Trinajstić information content (AvgIpc) is 2.44. The van der Waals surface area contributed by atoms with Gasteiger partial charge in [-0.15, -0.1) is 0 Å². The number of hydrogen-bond donors (Lipinski definition) is 1. The minimum Gasteiger partial charge on any atom is -0.493 e. The Balaban J connectivity index is 1.86. The van der Waals surface area contributed by atoms with Gasteiger partial charge in [-0.05, 0) is 56.0 Å². The van der Waals surface area contributed by atoms with E-state index >= 15 is 0 Å². The maximum Gasteiger partial charge on any atom is 0.119 e. The summed E-state index contributed by atoms with van der Waals surface area (Å²) in [6.07, 6.45) is 0.964. The van der Waals surface area contributed by atoms with Crippen LogP contribution in [0.4, 0.5) is 0 Å². The summed E-state index contributed by atoms with van der Waals surface area (Å²) in [5.74, 6) is 0.854. The van der Waals surface area contributed by atoms with Crippen molar-refractivity contribution in [1.29, 1.82) is 0 Å². The van der Waals surface area contributed by atoms with Crippen molar-refractivity contribution >= 4 is 0 Å². The molecule has 0 aromatic heterocycles. The number of aryl methyl sites for hydroxylation is 3. The van der Waals surface area contributed by atoms with Crippen molar-refractivity contribution < 1.29 is 9.84 Å². The Hall–Kier alpha value is -1.80. The Bertz CT molecular complexity index is 552. The number of para-hydroxylation sites is 1. The molecule has 0 radical (unpaired) electrons. The molecule has 2 nitrogen and oxygen atoms in total. The summed E-state index contributed by atoms with van der Waals surface area (Å²) >= 11 is 0. The first-order valence-electron chi connectivity index (χ1n) is 7.49. The number of rotatable bonds is 6. The van der Waals surface area contributed by atoms with Crippen LogP contribution in [-0.4, -0.2) is 17.8 Å². The second-order valence-corrected chi connectivity index (χ2v) is 5.69. The van der Waals surface area contributed by atoms with Crippen LogP contribution < -0.4 is 4.74 Å². The van der Waals surface area contributed by atoms with Crippen molar-refractivity contribution in [3.8, 4) is 5.75 Å². The highest BCUT2D eigenvalue weighted by atomic mass is 16.5. The van der Waals surface area contributed by atoms with Crippen molar-refractivity contribution in [2.75, 3.05) is 6.61 Å². The molecule has 1 atom stereocenters. The van der Waals surface area contributed by atoms with E-state index in [2.05, 4.69) is 32.9 Å². The lowest BCUT2D eigenvalue weighted by atomic mass is 9.94. The van der Waals surface area contributed by atoms with Gasteiger partial charge < -0.3 is 9.84 Å². The fourth-order valence-electron chi connectivity index (χ4n) is 2.70. The first-order valence-corrected chi connectivity index (χ1v) is 7.49. The first-order chi connectivity index (χ1) is 10.1. The molecule has 0 spiro atoms. The SMILES string of the molecule is Cc1cc(C)c(CC(O)CCOc2ccccc2)c(C)c1. The molecule has 2 aromatic carbocycles. The summed E-state index contributed by atoms with van der Waals surface area (Å²) in [6.45, 7) is 6.87. The molecule has 112 valence electrons. The number of hydrogen-bond acceptors (Lipinski definition) is 2. The minimum absolute atomic E-state index is 0.367. The molecule has 0 fully saturated rings. The van der Waals surface area contributed by atoms with Crippen molar-refractivity contribution in [3.63, 3.8) is 0 Å². The lowest BCUT2D eigenvalue weighted by Gasteiger charge is -2.16. The third-order valence-electron chi connectivity index (χ3n) is 3.74. The quantitative estimate of drug-likeness (QED) is 0.869. The van der Waals surface area contributed by atoms with Crippen molar-refractivity contribution in [3.05, 3.63) is 64.7 Å². The van der Waals surface area contributed by atoms with Gasteiger partial charge in [-0.25, -0.2) is 0 Å². The number of aliphatic hydroxyl groups excluding tert-OH is 1. The van der Waals surface area contributed by atoms with Gasteiger partial charge in [-0.1, -0.05) is 35.9 Å². The first kappa shape index (κ1) is 15.6. The lowest BCUT2D eigenvalue weighted by molar-refractivity contribution is 0.139. The zero-order chi connectivity index (χ0) is 15.2. The molecular weight excluding hydrogens is 260 g/mol. The summed E-state index contributed by atoms with van der Waals surface area (Å²) in [5, 5.41) is 10.2. The lowest BCUT2D eigenvalue weighted by Crippen LogP contribution is -2.16. The second-order valence-electron chi connectivity index (χ2n) is 5.69. The van der Waals surface area contributed by atoms with Gasteiger partial charge in [0.05, 0.1) is 12.7 Å². The van der Waals surface area contributed by atoms with Crippen molar-refractivity contribution in [2.45, 2.75) is 39.7 Å².